The molecule has 5 rings (SSSR count). The Bertz CT molecular complexity index is 970. The molecule has 0 aromatic carbocycles. The molecule has 1 saturated heterocycles. The molecule has 5 nitrogen and oxygen atoms in total. The average Bonchev–Trinajstić information content (AvgIpc) is 3.40. The Morgan fingerprint density at radius 1 is 1.21 bits per heavy atom. The van der Waals surface area contributed by atoms with E-state index in [1.807, 2.05) is 37.2 Å². The van der Waals surface area contributed by atoms with Gasteiger partial charge in [0.05, 0.1) is 5.54 Å². The van der Waals surface area contributed by atoms with E-state index in [-0.39, 0.29) is 28.9 Å². The third-order valence-electron chi connectivity index (χ3n) is 9.73. The van der Waals surface area contributed by atoms with Crippen LogP contribution in [0.15, 0.2) is 29.3 Å². The van der Waals surface area contributed by atoms with Crippen LogP contribution in [0, 0.1) is 28.6 Å². The Morgan fingerprint density at radius 3 is 2.73 bits per heavy atom. The molecular formula is C27H38N2O3S. The van der Waals surface area contributed by atoms with Gasteiger partial charge in [0.15, 0.2) is 0 Å². The Morgan fingerprint density at radius 2 is 2.00 bits per heavy atom. The quantitative estimate of drug-likeness (QED) is 0.583. The number of hydrogen-bond acceptors (Lipinski definition) is 4. The van der Waals surface area contributed by atoms with Crippen molar-refractivity contribution in [1.29, 1.82) is 0 Å². The van der Waals surface area contributed by atoms with Crippen molar-refractivity contribution < 1.29 is 14.3 Å². The molecule has 1 aliphatic heterocycles. The molecular weight excluding hydrogens is 432 g/mol. The fourth-order valence-corrected chi connectivity index (χ4v) is 8.64. The third-order valence-corrected chi connectivity index (χ3v) is 10.9. The zero-order valence-corrected chi connectivity index (χ0v) is 21.5. The van der Waals surface area contributed by atoms with Crippen molar-refractivity contribution in [2.24, 2.45) is 28.6 Å². The largest absolute Gasteiger partial charge is 0.446 e. The third kappa shape index (κ3) is 3.55. The normalized spacial score (nSPS) is 38.2. The Hall–Kier alpha value is -1.82. The number of likely N-dealkylation sites (tertiary alicyclic amines) is 1. The SMILES string of the molecule is CN1C(=O)CC[C@@]2(C)C1=CC[C@H]1[C@@H]3CC[C@H](OC(=O)NC(C)(C)c4cccs4)[C@@]3(C)CC[C@@H]12. The molecule has 0 spiro atoms. The Kier molecular flexibility index (Phi) is 5.47. The zero-order chi connectivity index (χ0) is 23.6. The maximum absolute atomic E-state index is 12.9. The second kappa shape index (κ2) is 7.86. The first-order valence-electron chi connectivity index (χ1n) is 12.6. The van der Waals surface area contributed by atoms with Crippen molar-refractivity contribution in [2.75, 3.05) is 7.05 Å². The van der Waals surface area contributed by atoms with E-state index in [0.717, 1.165) is 43.4 Å². The van der Waals surface area contributed by atoms with Crippen LogP contribution in [-0.4, -0.2) is 30.1 Å². The van der Waals surface area contributed by atoms with E-state index < -0.39 is 5.54 Å². The van der Waals surface area contributed by atoms with Crippen molar-refractivity contribution in [2.45, 2.75) is 84.3 Å². The number of alkyl carbamates (subject to hydrolysis) is 1. The van der Waals surface area contributed by atoms with Crippen LogP contribution >= 0.6 is 11.3 Å². The van der Waals surface area contributed by atoms with E-state index in [1.54, 1.807) is 11.3 Å². The predicted molar refractivity (Wildman–Crippen MR) is 131 cm³/mol. The van der Waals surface area contributed by atoms with Crippen LogP contribution in [-0.2, 0) is 15.1 Å². The van der Waals surface area contributed by atoms with E-state index >= 15 is 0 Å². The smallest absolute Gasteiger partial charge is 0.408 e. The van der Waals surface area contributed by atoms with Crippen molar-refractivity contribution in [3.8, 4) is 0 Å². The van der Waals surface area contributed by atoms with E-state index in [9.17, 15) is 9.59 Å². The summed E-state index contributed by atoms with van der Waals surface area (Å²) in [7, 11) is 1.95. The lowest BCUT2D eigenvalue weighted by Crippen LogP contribution is -2.54. The minimum Gasteiger partial charge on any atom is -0.446 e. The molecule has 4 aliphatic rings. The molecule has 3 fully saturated rings. The van der Waals surface area contributed by atoms with Crippen molar-refractivity contribution in [3.63, 3.8) is 0 Å². The molecule has 2 amide bonds. The molecule has 1 N–H and O–H groups in total. The minimum absolute atomic E-state index is 0.0311. The molecule has 6 heteroatoms. The topological polar surface area (TPSA) is 58.6 Å². The van der Waals surface area contributed by atoms with Crippen LogP contribution in [0.5, 0.6) is 0 Å². The monoisotopic (exact) mass is 470 g/mol. The Balaban J connectivity index is 1.31. The van der Waals surface area contributed by atoms with Gasteiger partial charge in [-0.3, -0.25) is 4.79 Å². The first-order valence-corrected chi connectivity index (χ1v) is 13.4. The standard InChI is InChI=1S/C27H38N2O3S/c1-25(2,22-7-6-16-33-22)28-24(31)32-21-11-9-18-17-8-10-20-26(3,15-13-23(30)29(20)5)19(17)12-14-27(18,21)4/h6-7,10,16-19,21H,8-9,11-15H2,1-5H3,(H,28,31)/t17-,18-,19-,21-,26+,27-/m0/s1. The van der Waals surface area contributed by atoms with E-state index in [1.165, 1.54) is 5.70 Å². The lowest BCUT2D eigenvalue weighted by Gasteiger charge is -2.58. The summed E-state index contributed by atoms with van der Waals surface area (Å²) < 4.78 is 6.15. The van der Waals surface area contributed by atoms with Gasteiger partial charge in [-0.1, -0.05) is 26.0 Å². The van der Waals surface area contributed by atoms with Crippen LogP contribution in [0.4, 0.5) is 4.79 Å². The molecule has 6 atom stereocenters. The molecule has 2 saturated carbocycles. The fraction of sp³-hybridized carbons (Fsp3) is 0.704. The maximum atomic E-state index is 12.9. The van der Waals surface area contributed by atoms with Crippen LogP contribution < -0.4 is 5.32 Å². The average molecular weight is 471 g/mol. The highest BCUT2D eigenvalue weighted by Gasteiger charge is 2.60. The highest BCUT2D eigenvalue weighted by atomic mass is 32.1. The second-order valence-corrected chi connectivity index (χ2v) is 12.8. The maximum Gasteiger partial charge on any atom is 0.408 e. The molecule has 1 aromatic rings. The lowest BCUT2D eigenvalue weighted by molar-refractivity contribution is -0.136. The van der Waals surface area contributed by atoms with Crippen molar-refractivity contribution in [3.05, 3.63) is 34.2 Å². The summed E-state index contributed by atoms with van der Waals surface area (Å²) in [6, 6.07) is 4.07. The van der Waals surface area contributed by atoms with E-state index in [2.05, 4.69) is 31.3 Å². The van der Waals surface area contributed by atoms with E-state index in [0.29, 0.717) is 24.2 Å². The van der Waals surface area contributed by atoms with Crippen LogP contribution in [0.2, 0.25) is 0 Å². The first-order chi connectivity index (χ1) is 15.6. The summed E-state index contributed by atoms with van der Waals surface area (Å²) >= 11 is 1.65. The highest BCUT2D eigenvalue weighted by Crippen LogP contribution is 2.64. The number of piperidine rings is 1. The van der Waals surface area contributed by atoms with Gasteiger partial charge in [-0.2, -0.15) is 0 Å². The number of nitrogens with one attached hydrogen (secondary N) is 1. The van der Waals surface area contributed by atoms with Gasteiger partial charge >= 0.3 is 6.09 Å². The van der Waals surface area contributed by atoms with E-state index in [4.69, 9.17) is 4.74 Å². The summed E-state index contributed by atoms with van der Waals surface area (Å²) in [4.78, 5) is 28.3. The lowest BCUT2D eigenvalue weighted by atomic mass is 9.49. The minimum atomic E-state index is -0.439. The number of carbonyl (C=O) groups excluding carboxylic acids is 2. The second-order valence-electron chi connectivity index (χ2n) is 11.8. The van der Waals surface area contributed by atoms with Crippen molar-refractivity contribution >= 4 is 23.3 Å². The number of nitrogens with zero attached hydrogens (tertiary/aromatic N) is 1. The number of thiophene rings is 1. The highest BCUT2D eigenvalue weighted by molar-refractivity contribution is 7.10. The molecule has 1 aromatic heterocycles. The van der Waals surface area contributed by atoms with Crippen molar-refractivity contribution in [1.82, 2.24) is 10.2 Å². The Labute approximate surface area is 201 Å². The first kappa shape index (κ1) is 22.9. The number of allylic oxidation sites excluding steroid dienone is 2. The van der Waals surface area contributed by atoms with Crippen LogP contribution in [0.25, 0.3) is 0 Å². The van der Waals surface area contributed by atoms with Crippen LogP contribution in [0.3, 0.4) is 0 Å². The number of hydrogen-bond donors (Lipinski definition) is 1. The molecule has 3 aliphatic carbocycles. The molecule has 33 heavy (non-hydrogen) atoms. The molecule has 0 radical (unpaired) electrons. The summed E-state index contributed by atoms with van der Waals surface area (Å²) in [5.41, 5.74) is 0.938. The van der Waals surface area contributed by atoms with Gasteiger partial charge < -0.3 is 15.0 Å². The molecule has 180 valence electrons. The van der Waals surface area contributed by atoms with Gasteiger partial charge in [-0.05, 0) is 81.6 Å². The van der Waals surface area contributed by atoms with Gasteiger partial charge in [0.25, 0.3) is 0 Å². The fourth-order valence-electron chi connectivity index (χ4n) is 7.84. The molecule has 2 heterocycles. The van der Waals surface area contributed by atoms with Crippen LogP contribution in [0.1, 0.15) is 77.5 Å². The number of ether oxygens (including phenoxy) is 1. The molecule has 0 unspecified atom stereocenters. The zero-order valence-electron chi connectivity index (χ0n) is 20.6. The summed E-state index contributed by atoms with van der Waals surface area (Å²) in [6.45, 7) is 8.82. The summed E-state index contributed by atoms with van der Waals surface area (Å²) in [5, 5.41) is 5.15. The summed E-state index contributed by atoms with van der Waals surface area (Å²) in [5.74, 6) is 2.04. The number of rotatable bonds is 3. The van der Waals surface area contributed by atoms with Gasteiger partial charge in [-0.15, -0.1) is 11.3 Å². The number of amides is 2. The van der Waals surface area contributed by atoms with Gasteiger partial charge in [0.1, 0.15) is 6.10 Å². The molecule has 0 bridgehead atoms. The predicted octanol–water partition coefficient (Wildman–Crippen LogP) is 6.07. The number of carbonyl (C=O) groups is 2. The summed E-state index contributed by atoms with van der Waals surface area (Å²) in [6.07, 6.45) is 8.99. The van der Waals surface area contributed by atoms with Gasteiger partial charge in [0, 0.05) is 34.9 Å². The van der Waals surface area contributed by atoms with Gasteiger partial charge in [0.2, 0.25) is 5.91 Å². The van der Waals surface area contributed by atoms with Gasteiger partial charge in [-0.25, -0.2) is 4.79 Å². The number of fused-ring (bicyclic) bond motifs is 5.